The van der Waals surface area contributed by atoms with E-state index in [1.165, 1.54) is 22.9 Å². The summed E-state index contributed by atoms with van der Waals surface area (Å²) in [5.74, 6) is -0.155. The second-order valence-electron chi connectivity index (χ2n) is 9.06. The topological polar surface area (TPSA) is 102 Å². The first kappa shape index (κ1) is 25.0. The van der Waals surface area contributed by atoms with Crippen molar-refractivity contribution in [2.45, 2.75) is 6.10 Å². The van der Waals surface area contributed by atoms with Crippen LogP contribution in [0.4, 0.5) is 16.0 Å². The number of nitrogens with one attached hydrogen (secondary N) is 1. The van der Waals surface area contributed by atoms with Gasteiger partial charge in [0, 0.05) is 50.2 Å². The van der Waals surface area contributed by atoms with Gasteiger partial charge < -0.3 is 19.7 Å². The summed E-state index contributed by atoms with van der Waals surface area (Å²) in [7, 11) is 1.65. The molecule has 10 nitrogen and oxygen atoms in total. The Morgan fingerprint density at radius 1 is 1.14 bits per heavy atom. The summed E-state index contributed by atoms with van der Waals surface area (Å²) in [5.41, 5.74) is 1.86. The highest BCUT2D eigenvalue weighted by atomic mass is 19.1. The van der Waals surface area contributed by atoms with Crippen molar-refractivity contribution in [2.24, 2.45) is 7.05 Å². The minimum absolute atomic E-state index is 0.0627. The fourth-order valence-electron chi connectivity index (χ4n) is 4.51. The maximum atomic E-state index is 14.3. The maximum Gasteiger partial charge on any atom is 0.255 e. The summed E-state index contributed by atoms with van der Waals surface area (Å²) in [4.78, 5) is 37.5. The lowest BCUT2D eigenvalue weighted by atomic mass is 10.1. The summed E-state index contributed by atoms with van der Waals surface area (Å²) in [6.07, 6.45) is 2.31. The van der Waals surface area contributed by atoms with Crippen LogP contribution in [-0.4, -0.2) is 77.9 Å². The SMILES string of the molecule is Cn1c(N2CCO[C@@H](c3ccc(NC(=O)CN4CCOCC4)cc3)C2)nc(-c2ccncc2F)cc1=O. The third kappa shape index (κ3) is 5.85. The highest BCUT2D eigenvalue weighted by Crippen LogP contribution is 2.27. The van der Waals surface area contributed by atoms with Crippen LogP contribution in [0.5, 0.6) is 0 Å². The molecule has 2 fully saturated rings. The number of pyridine rings is 1. The van der Waals surface area contributed by atoms with E-state index in [-0.39, 0.29) is 28.8 Å². The van der Waals surface area contributed by atoms with E-state index in [0.29, 0.717) is 51.1 Å². The molecule has 1 aromatic carbocycles. The van der Waals surface area contributed by atoms with Gasteiger partial charge in [0.1, 0.15) is 6.10 Å². The van der Waals surface area contributed by atoms with Crippen LogP contribution in [0.3, 0.4) is 0 Å². The maximum absolute atomic E-state index is 14.3. The van der Waals surface area contributed by atoms with Crippen molar-refractivity contribution < 1.29 is 18.7 Å². The molecule has 0 bridgehead atoms. The Bertz CT molecular complexity index is 1310. The van der Waals surface area contributed by atoms with Gasteiger partial charge in [0.15, 0.2) is 5.82 Å². The van der Waals surface area contributed by atoms with Gasteiger partial charge in [-0.3, -0.25) is 24.0 Å². The molecule has 2 aliphatic heterocycles. The molecule has 0 radical (unpaired) electrons. The molecule has 2 aliphatic rings. The Morgan fingerprint density at radius 2 is 1.92 bits per heavy atom. The molecule has 5 rings (SSSR count). The Kier molecular flexibility index (Phi) is 7.54. The number of rotatable bonds is 6. The number of hydrogen-bond donors (Lipinski definition) is 1. The first-order chi connectivity index (χ1) is 18.0. The zero-order valence-electron chi connectivity index (χ0n) is 20.6. The molecule has 0 aliphatic carbocycles. The monoisotopic (exact) mass is 508 g/mol. The molecule has 0 spiro atoms. The molecule has 0 unspecified atom stereocenters. The molecule has 2 saturated heterocycles. The van der Waals surface area contributed by atoms with Crippen molar-refractivity contribution in [3.05, 3.63) is 70.5 Å². The highest BCUT2D eigenvalue weighted by molar-refractivity contribution is 5.92. The van der Waals surface area contributed by atoms with E-state index < -0.39 is 5.82 Å². The van der Waals surface area contributed by atoms with Crippen LogP contribution in [0.1, 0.15) is 11.7 Å². The molecule has 2 aromatic heterocycles. The zero-order valence-corrected chi connectivity index (χ0v) is 20.6. The lowest BCUT2D eigenvalue weighted by Crippen LogP contribution is -2.41. The molecule has 194 valence electrons. The molecule has 1 amide bonds. The smallest absolute Gasteiger partial charge is 0.255 e. The number of amides is 1. The summed E-state index contributed by atoms with van der Waals surface area (Å²) in [6, 6.07) is 10.4. The largest absolute Gasteiger partial charge is 0.379 e. The third-order valence-electron chi connectivity index (χ3n) is 6.55. The number of hydrogen-bond acceptors (Lipinski definition) is 8. The predicted molar refractivity (Wildman–Crippen MR) is 136 cm³/mol. The van der Waals surface area contributed by atoms with Gasteiger partial charge in [-0.15, -0.1) is 0 Å². The fraction of sp³-hybridized carbons (Fsp3) is 0.385. The summed E-state index contributed by atoms with van der Waals surface area (Å²) in [5, 5.41) is 2.94. The van der Waals surface area contributed by atoms with Crippen molar-refractivity contribution in [3.8, 4) is 11.3 Å². The fourth-order valence-corrected chi connectivity index (χ4v) is 4.51. The summed E-state index contributed by atoms with van der Waals surface area (Å²) in [6.45, 7) is 4.57. The van der Waals surface area contributed by atoms with Gasteiger partial charge in [0.05, 0.1) is 44.8 Å². The molecule has 37 heavy (non-hydrogen) atoms. The zero-order chi connectivity index (χ0) is 25.8. The summed E-state index contributed by atoms with van der Waals surface area (Å²) >= 11 is 0. The van der Waals surface area contributed by atoms with Gasteiger partial charge in [0.25, 0.3) is 5.56 Å². The van der Waals surface area contributed by atoms with Crippen LogP contribution in [0.15, 0.2) is 53.6 Å². The number of morpholine rings is 2. The van der Waals surface area contributed by atoms with E-state index in [1.807, 2.05) is 29.2 Å². The first-order valence-corrected chi connectivity index (χ1v) is 12.2. The molecule has 4 heterocycles. The molecule has 3 aromatic rings. The molecular formula is C26H29FN6O4. The number of carbonyl (C=O) groups excluding carboxylic acids is 1. The highest BCUT2D eigenvalue weighted by Gasteiger charge is 2.25. The second-order valence-corrected chi connectivity index (χ2v) is 9.06. The van der Waals surface area contributed by atoms with Crippen molar-refractivity contribution in [1.29, 1.82) is 0 Å². The van der Waals surface area contributed by atoms with Gasteiger partial charge in [-0.05, 0) is 23.8 Å². The Hall–Kier alpha value is -3.67. The summed E-state index contributed by atoms with van der Waals surface area (Å²) < 4.78 is 27.1. The Balaban J connectivity index is 1.28. The van der Waals surface area contributed by atoms with Crippen LogP contribution in [0.25, 0.3) is 11.3 Å². The van der Waals surface area contributed by atoms with E-state index >= 15 is 0 Å². The van der Waals surface area contributed by atoms with Gasteiger partial charge in [0.2, 0.25) is 11.9 Å². The van der Waals surface area contributed by atoms with Crippen molar-refractivity contribution in [1.82, 2.24) is 19.4 Å². The van der Waals surface area contributed by atoms with Gasteiger partial charge >= 0.3 is 0 Å². The van der Waals surface area contributed by atoms with Gasteiger partial charge in [-0.1, -0.05) is 12.1 Å². The number of ether oxygens (including phenoxy) is 2. The Labute approximate surface area is 213 Å². The van der Waals surface area contributed by atoms with Crippen LogP contribution in [0.2, 0.25) is 0 Å². The molecule has 1 atom stereocenters. The van der Waals surface area contributed by atoms with E-state index in [9.17, 15) is 14.0 Å². The quantitative estimate of drug-likeness (QED) is 0.538. The number of benzene rings is 1. The number of nitrogens with zero attached hydrogens (tertiary/aromatic N) is 5. The van der Waals surface area contributed by atoms with Crippen LogP contribution in [0, 0.1) is 5.82 Å². The van der Waals surface area contributed by atoms with Crippen molar-refractivity contribution >= 4 is 17.5 Å². The standard InChI is InChI=1S/C26H29FN6O4/c1-31-25(35)14-22(20-6-7-28-15-21(20)27)30-26(31)33-10-13-37-23(16-33)18-2-4-19(5-3-18)29-24(34)17-32-8-11-36-12-9-32/h2-7,14-15,23H,8-13,16-17H2,1H3,(H,29,34)/t23-/m1/s1. The van der Waals surface area contributed by atoms with E-state index in [4.69, 9.17) is 9.47 Å². The molecule has 11 heteroatoms. The van der Waals surface area contributed by atoms with Crippen molar-refractivity contribution in [3.63, 3.8) is 0 Å². The van der Waals surface area contributed by atoms with Crippen molar-refractivity contribution in [2.75, 3.05) is 62.8 Å². The van der Waals surface area contributed by atoms with Gasteiger partial charge in [-0.25, -0.2) is 9.37 Å². The predicted octanol–water partition coefficient (Wildman–Crippen LogP) is 1.83. The Morgan fingerprint density at radius 3 is 2.68 bits per heavy atom. The van der Waals surface area contributed by atoms with Crippen LogP contribution in [-0.2, 0) is 21.3 Å². The third-order valence-corrected chi connectivity index (χ3v) is 6.55. The number of aromatic nitrogens is 3. The average Bonchev–Trinajstić information content (AvgIpc) is 2.91. The van der Waals surface area contributed by atoms with Gasteiger partial charge in [-0.2, -0.15) is 0 Å². The minimum atomic E-state index is -0.536. The van der Waals surface area contributed by atoms with E-state index in [1.54, 1.807) is 7.05 Å². The van der Waals surface area contributed by atoms with E-state index in [2.05, 4.69) is 20.2 Å². The minimum Gasteiger partial charge on any atom is -0.379 e. The van der Waals surface area contributed by atoms with E-state index in [0.717, 1.165) is 24.8 Å². The number of carbonyl (C=O) groups is 1. The lowest BCUT2D eigenvalue weighted by Gasteiger charge is -2.34. The van der Waals surface area contributed by atoms with Crippen LogP contribution >= 0.6 is 0 Å². The molecule has 0 saturated carbocycles. The van der Waals surface area contributed by atoms with Crippen LogP contribution < -0.4 is 15.8 Å². The molecular weight excluding hydrogens is 479 g/mol. The number of halogens is 1. The molecule has 1 N–H and O–H groups in total. The first-order valence-electron chi connectivity index (χ1n) is 12.2. The average molecular weight is 509 g/mol. The lowest BCUT2D eigenvalue weighted by molar-refractivity contribution is -0.118. The normalized spacial score (nSPS) is 18.5. The second kappa shape index (κ2) is 11.2. The number of anilines is 2.